The summed E-state index contributed by atoms with van der Waals surface area (Å²) in [6.45, 7) is 0. The first-order valence-corrected chi connectivity index (χ1v) is 14.4. The number of nitrogens with zero attached hydrogens (tertiary/aromatic N) is 1. The van der Waals surface area contributed by atoms with Gasteiger partial charge in [-0.2, -0.15) is 0 Å². The number of anilines is 2. The van der Waals surface area contributed by atoms with E-state index in [2.05, 4.69) is 20.9 Å². The molecule has 0 aliphatic carbocycles. The Balaban J connectivity index is 1.52. The summed E-state index contributed by atoms with van der Waals surface area (Å²) in [5.41, 5.74) is 1.42. The molecular weight excluding hydrogens is 576 g/mol. The molecule has 0 saturated carbocycles. The number of methoxy groups -OCH3 is 3. The van der Waals surface area contributed by atoms with Crippen LogP contribution >= 0.6 is 23.1 Å². The molecule has 3 N–H and O–H groups in total. The maximum absolute atomic E-state index is 13.4. The van der Waals surface area contributed by atoms with E-state index in [4.69, 9.17) is 14.2 Å². The normalized spacial score (nSPS) is 10.9. The molecule has 3 amide bonds. The summed E-state index contributed by atoms with van der Waals surface area (Å²) in [6.07, 6.45) is 3.14. The van der Waals surface area contributed by atoms with Crippen LogP contribution in [0.4, 0.5) is 10.8 Å². The molecular formula is C30H28N4O6S2. The largest absolute Gasteiger partial charge is 0.493 e. The van der Waals surface area contributed by atoms with Gasteiger partial charge in [0.15, 0.2) is 16.6 Å². The SMILES string of the molecule is COc1cc(/C=C(\NC(=O)c2ccccc2)C(=O)Nc2ccc(SCC(=O)Nc3nccs3)cc2)cc(OC)c1OC. The lowest BCUT2D eigenvalue weighted by Gasteiger charge is -2.15. The zero-order valence-corrected chi connectivity index (χ0v) is 24.6. The van der Waals surface area contributed by atoms with Gasteiger partial charge in [-0.1, -0.05) is 18.2 Å². The van der Waals surface area contributed by atoms with Crippen molar-refractivity contribution >= 4 is 57.7 Å². The number of aromatic nitrogens is 1. The second kappa shape index (κ2) is 14.7. The number of benzene rings is 3. The predicted molar refractivity (Wildman–Crippen MR) is 165 cm³/mol. The van der Waals surface area contributed by atoms with Crippen molar-refractivity contribution in [1.82, 2.24) is 10.3 Å². The first kappa shape index (κ1) is 30.2. The average Bonchev–Trinajstić information content (AvgIpc) is 3.53. The molecule has 0 radical (unpaired) electrons. The first-order valence-electron chi connectivity index (χ1n) is 12.5. The van der Waals surface area contributed by atoms with Crippen molar-refractivity contribution in [2.75, 3.05) is 37.7 Å². The van der Waals surface area contributed by atoms with E-state index in [-0.39, 0.29) is 17.4 Å². The fourth-order valence-corrected chi connectivity index (χ4v) is 4.96. The Morgan fingerprint density at radius 2 is 1.60 bits per heavy atom. The van der Waals surface area contributed by atoms with Crippen LogP contribution in [0.2, 0.25) is 0 Å². The molecule has 3 aromatic carbocycles. The number of amides is 3. The van der Waals surface area contributed by atoms with Crippen LogP contribution in [-0.4, -0.2) is 49.8 Å². The zero-order chi connectivity index (χ0) is 29.9. The van der Waals surface area contributed by atoms with Crippen LogP contribution in [0.3, 0.4) is 0 Å². The van der Waals surface area contributed by atoms with E-state index in [1.807, 2.05) is 0 Å². The lowest BCUT2D eigenvalue weighted by atomic mass is 10.1. The number of thioether (sulfide) groups is 1. The van der Waals surface area contributed by atoms with Crippen molar-refractivity contribution < 1.29 is 28.6 Å². The van der Waals surface area contributed by atoms with Crippen LogP contribution in [0, 0.1) is 0 Å². The monoisotopic (exact) mass is 604 g/mol. The summed E-state index contributed by atoms with van der Waals surface area (Å²) in [4.78, 5) is 43.4. The van der Waals surface area contributed by atoms with Crippen LogP contribution in [0.1, 0.15) is 15.9 Å². The van der Waals surface area contributed by atoms with Gasteiger partial charge in [0.2, 0.25) is 11.7 Å². The number of hydrogen-bond acceptors (Lipinski definition) is 9. The second-order valence-electron chi connectivity index (χ2n) is 8.49. The van der Waals surface area contributed by atoms with Crippen molar-refractivity contribution in [2.24, 2.45) is 0 Å². The molecule has 12 heteroatoms. The molecule has 0 unspecified atom stereocenters. The van der Waals surface area contributed by atoms with Crippen LogP contribution < -0.4 is 30.2 Å². The molecule has 1 heterocycles. The van der Waals surface area contributed by atoms with Crippen LogP contribution in [0.15, 0.2) is 88.9 Å². The van der Waals surface area contributed by atoms with E-state index in [9.17, 15) is 14.4 Å². The minimum atomic E-state index is -0.545. The predicted octanol–water partition coefficient (Wildman–Crippen LogP) is 5.31. The molecule has 4 aromatic rings. The third-order valence-electron chi connectivity index (χ3n) is 5.69. The van der Waals surface area contributed by atoms with Gasteiger partial charge >= 0.3 is 0 Å². The van der Waals surface area contributed by atoms with Gasteiger partial charge in [0.1, 0.15) is 5.70 Å². The molecule has 0 saturated heterocycles. The second-order valence-corrected chi connectivity index (χ2v) is 10.4. The van der Waals surface area contributed by atoms with Gasteiger partial charge in [-0.05, 0) is 60.2 Å². The Hall–Kier alpha value is -4.81. The molecule has 10 nitrogen and oxygen atoms in total. The Morgan fingerprint density at radius 1 is 0.905 bits per heavy atom. The first-order chi connectivity index (χ1) is 20.4. The number of thiazole rings is 1. The van der Waals surface area contributed by atoms with E-state index >= 15 is 0 Å². The van der Waals surface area contributed by atoms with Crippen LogP contribution in [-0.2, 0) is 9.59 Å². The number of rotatable bonds is 12. The summed E-state index contributed by atoms with van der Waals surface area (Å²) in [5.74, 6) is 0.233. The van der Waals surface area contributed by atoms with Crippen molar-refractivity contribution in [3.05, 3.63) is 95.1 Å². The number of hydrogen-bond donors (Lipinski definition) is 3. The summed E-state index contributed by atoms with van der Waals surface area (Å²) in [5, 5.41) is 10.6. The highest BCUT2D eigenvalue weighted by atomic mass is 32.2. The molecule has 0 fully saturated rings. The van der Waals surface area contributed by atoms with Crippen LogP contribution in [0.25, 0.3) is 6.08 Å². The lowest BCUT2D eigenvalue weighted by molar-refractivity contribution is -0.114. The van der Waals surface area contributed by atoms with Gasteiger partial charge < -0.3 is 30.2 Å². The van der Waals surface area contributed by atoms with Crippen molar-refractivity contribution in [1.29, 1.82) is 0 Å². The molecule has 4 rings (SSSR count). The van der Waals surface area contributed by atoms with Crippen LogP contribution in [0.5, 0.6) is 17.2 Å². The zero-order valence-electron chi connectivity index (χ0n) is 23.0. The highest BCUT2D eigenvalue weighted by Crippen LogP contribution is 2.38. The number of nitrogens with one attached hydrogen (secondary N) is 3. The van der Waals surface area contributed by atoms with Crippen molar-refractivity contribution in [2.45, 2.75) is 4.90 Å². The molecule has 42 heavy (non-hydrogen) atoms. The third-order valence-corrected chi connectivity index (χ3v) is 7.39. The smallest absolute Gasteiger partial charge is 0.272 e. The number of carbonyl (C=O) groups is 3. The number of ether oxygens (including phenoxy) is 3. The Morgan fingerprint density at radius 3 is 2.19 bits per heavy atom. The van der Waals surface area contributed by atoms with E-state index in [1.54, 1.807) is 78.3 Å². The van der Waals surface area contributed by atoms with Gasteiger partial charge in [-0.25, -0.2) is 4.98 Å². The standard InChI is InChI=1S/C30H28N4O6S2/c1-38-24-16-19(17-25(39-2)27(24)40-3)15-23(33-28(36)20-7-5-4-6-8-20)29(37)32-21-9-11-22(12-10-21)42-18-26(35)34-30-31-13-14-41-30/h4-17H,18H2,1-3H3,(H,32,37)(H,33,36)(H,31,34,35)/b23-15-. The quantitative estimate of drug-likeness (QED) is 0.147. The summed E-state index contributed by atoms with van der Waals surface area (Å²) < 4.78 is 16.2. The molecule has 0 bridgehead atoms. The van der Waals surface area contributed by atoms with E-state index in [1.165, 1.54) is 50.5 Å². The van der Waals surface area contributed by atoms with Gasteiger partial charge in [-0.3, -0.25) is 14.4 Å². The molecule has 0 atom stereocenters. The van der Waals surface area contributed by atoms with Gasteiger partial charge in [0.05, 0.1) is 27.1 Å². The van der Waals surface area contributed by atoms with Crippen molar-refractivity contribution in [3.8, 4) is 17.2 Å². The molecule has 216 valence electrons. The summed E-state index contributed by atoms with van der Waals surface area (Å²) in [6, 6.07) is 18.9. The highest BCUT2D eigenvalue weighted by molar-refractivity contribution is 8.00. The average molecular weight is 605 g/mol. The van der Waals surface area contributed by atoms with E-state index in [0.717, 1.165) is 4.90 Å². The van der Waals surface area contributed by atoms with Gasteiger partial charge in [0, 0.05) is 27.7 Å². The topological polar surface area (TPSA) is 128 Å². The maximum atomic E-state index is 13.4. The fraction of sp³-hybridized carbons (Fsp3) is 0.133. The third kappa shape index (κ3) is 8.12. The van der Waals surface area contributed by atoms with E-state index in [0.29, 0.717) is 39.2 Å². The molecule has 0 spiro atoms. The van der Waals surface area contributed by atoms with Gasteiger partial charge in [0.25, 0.3) is 11.8 Å². The number of carbonyl (C=O) groups excluding carboxylic acids is 3. The molecule has 1 aromatic heterocycles. The van der Waals surface area contributed by atoms with E-state index < -0.39 is 11.8 Å². The molecule has 0 aliphatic rings. The maximum Gasteiger partial charge on any atom is 0.272 e. The molecule has 0 aliphatic heterocycles. The Labute approximate surface area is 251 Å². The highest BCUT2D eigenvalue weighted by Gasteiger charge is 2.18. The van der Waals surface area contributed by atoms with Crippen molar-refractivity contribution in [3.63, 3.8) is 0 Å². The fourth-order valence-electron chi connectivity index (χ4n) is 3.72. The summed E-state index contributed by atoms with van der Waals surface area (Å²) in [7, 11) is 4.48. The lowest BCUT2D eigenvalue weighted by Crippen LogP contribution is -2.30. The minimum Gasteiger partial charge on any atom is -0.493 e. The Kier molecular flexibility index (Phi) is 10.6. The minimum absolute atomic E-state index is 0.00423. The Bertz CT molecular complexity index is 1530. The van der Waals surface area contributed by atoms with Gasteiger partial charge in [-0.15, -0.1) is 23.1 Å². The summed E-state index contributed by atoms with van der Waals surface area (Å²) >= 11 is 2.70.